The third-order valence-corrected chi connectivity index (χ3v) is 2.42. The molecule has 18 heavy (non-hydrogen) atoms. The van der Waals surface area contributed by atoms with E-state index >= 15 is 0 Å². The van der Waals surface area contributed by atoms with E-state index in [2.05, 4.69) is 16.4 Å². The maximum absolute atomic E-state index is 8.88. The molecule has 0 radical (unpaired) electrons. The van der Waals surface area contributed by atoms with Gasteiger partial charge >= 0.3 is 0 Å². The zero-order chi connectivity index (χ0) is 13.0. The van der Waals surface area contributed by atoms with Crippen molar-refractivity contribution in [1.29, 1.82) is 5.26 Å². The molecule has 0 amide bonds. The van der Waals surface area contributed by atoms with Crippen LogP contribution in [0.15, 0.2) is 36.4 Å². The van der Waals surface area contributed by atoms with E-state index in [9.17, 15) is 0 Å². The molecule has 2 rings (SSSR count). The van der Waals surface area contributed by atoms with E-state index < -0.39 is 0 Å². The zero-order valence-electron chi connectivity index (χ0n) is 10.3. The Kier molecular flexibility index (Phi) is 3.44. The lowest BCUT2D eigenvalue weighted by Gasteiger charge is -2.07. The lowest BCUT2D eigenvalue weighted by Crippen LogP contribution is -1.92. The third-order valence-electron chi connectivity index (χ3n) is 2.42. The molecular formula is C14H13N3O. The highest BCUT2D eigenvalue weighted by molar-refractivity contribution is 5.46. The first kappa shape index (κ1) is 11.9. The van der Waals surface area contributed by atoms with Gasteiger partial charge in [-0.3, -0.25) is 0 Å². The number of anilines is 1. The third kappa shape index (κ3) is 2.77. The maximum Gasteiger partial charge on any atom is 0.220 e. The van der Waals surface area contributed by atoms with Gasteiger partial charge in [0.25, 0.3) is 0 Å². The van der Waals surface area contributed by atoms with Gasteiger partial charge in [0, 0.05) is 24.5 Å². The van der Waals surface area contributed by atoms with Crippen LogP contribution >= 0.6 is 0 Å². The van der Waals surface area contributed by atoms with Crippen LogP contribution in [0.25, 0.3) is 0 Å². The van der Waals surface area contributed by atoms with Crippen LogP contribution in [0.2, 0.25) is 0 Å². The molecule has 0 unspecified atom stereocenters. The second-order valence-corrected chi connectivity index (χ2v) is 3.82. The lowest BCUT2D eigenvalue weighted by atomic mass is 10.2. The summed E-state index contributed by atoms with van der Waals surface area (Å²) in [6.45, 7) is 1.83. The number of benzene rings is 1. The van der Waals surface area contributed by atoms with Gasteiger partial charge < -0.3 is 10.1 Å². The molecule has 1 aromatic carbocycles. The van der Waals surface area contributed by atoms with E-state index in [0.717, 1.165) is 11.4 Å². The van der Waals surface area contributed by atoms with Gasteiger partial charge in [0.15, 0.2) is 0 Å². The molecule has 4 heteroatoms. The Bertz CT molecular complexity index is 585. The number of pyridine rings is 1. The largest absolute Gasteiger partial charge is 0.439 e. The minimum atomic E-state index is 0.434. The van der Waals surface area contributed by atoms with Crippen LogP contribution < -0.4 is 10.1 Å². The number of aromatic nitrogens is 1. The highest BCUT2D eigenvalue weighted by atomic mass is 16.5. The van der Waals surface area contributed by atoms with E-state index in [1.54, 1.807) is 12.1 Å². The van der Waals surface area contributed by atoms with Crippen molar-refractivity contribution in [3.8, 4) is 17.7 Å². The maximum atomic E-state index is 8.88. The number of aryl methyl sites for hydroxylation is 1. The molecule has 1 aromatic heterocycles. The molecule has 0 fully saturated rings. The molecule has 0 atom stereocenters. The van der Waals surface area contributed by atoms with Gasteiger partial charge in [-0.05, 0) is 37.3 Å². The number of hydrogen-bond donors (Lipinski definition) is 1. The number of nitriles is 1. The minimum Gasteiger partial charge on any atom is -0.439 e. The summed E-state index contributed by atoms with van der Waals surface area (Å²) >= 11 is 0. The molecule has 4 nitrogen and oxygen atoms in total. The Balaban J connectivity index is 2.22. The van der Waals surface area contributed by atoms with Crippen molar-refractivity contribution in [2.24, 2.45) is 0 Å². The summed E-state index contributed by atoms with van der Waals surface area (Å²) in [6, 6.07) is 12.9. The van der Waals surface area contributed by atoms with Crippen molar-refractivity contribution < 1.29 is 4.74 Å². The Hall–Kier alpha value is -2.54. The van der Waals surface area contributed by atoms with E-state index in [1.807, 2.05) is 38.2 Å². The van der Waals surface area contributed by atoms with Gasteiger partial charge in [-0.15, -0.1) is 0 Å². The summed E-state index contributed by atoms with van der Waals surface area (Å²) in [5.41, 5.74) is 2.32. The average molecular weight is 239 g/mol. The molecule has 1 N–H and O–H groups in total. The molecule has 0 bridgehead atoms. The fourth-order valence-corrected chi connectivity index (χ4v) is 1.57. The summed E-state index contributed by atoms with van der Waals surface area (Å²) in [5, 5.41) is 11.9. The highest BCUT2D eigenvalue weighted by Gasteiger charge is 2.02. The predicted molar refractivity (Wildman–Crippen MR) is 69.8 cm³/mol. The molecule has 0 saturated carbocycles. The molecule has 0 saturated heterocycles. The molecule has 2 aromatic rings. The monoisotopic (exact) mass is 239 g/mol. The Morgan fingerprint density at radius 3 is 2.56 bits per heavy atom. The smallest absolute Gasteiger partial charge is 0.220 e. The summed E-state index contributed by atoms with van der Waals surface area (Å²) in [5.74, 6) is 1.12. The van der Waals surface area contributed by atoms with Crippen molar-refractivity contribution in [2.45, 2.75) is 6.92 Å². The fraction of sp³-hybridized carbons (Fsp3) is 0.143. The van der Waals surface area contributed by atoms with Gasteiger partial charge in [0.05, 0.1) is 11.6 Å². The Morgan fingerprint density at radius 2 is 1.94 bits per heavy atom. The lowest BCUT2D eigenvalue weighted by molar-refractivity contribution is 0.461. The standard InChI is InChI=1S/C14H13N3O/c1-10-7-11(9-15)8-14(17-10)18-13-5-3-12(16-2)4-6-13/h3-8,16H,1-2H3. The van der Waals surface area contributed by atoms with Crippen molar-refractivity contribution >= 4 is 5.69 Å². The van der Waals surface area contributed by atoms with Crippen LogP contribution in [0.5, 0.6) is 11.6 Å². The average Bonchev–Trinajstić information content (AvgIpc) is 2.39. The predicted octanol–water partition coefficient (Wildman–Crippen LogP) is 3.10. The second-order valence-electron chi connectivity index (χ2n) is 3.82. The Morgan fingerprint density at radius 1 is 1.22 bits per heavy atom. The number of nitrogens with zero attached hydrogens (tertiary/aromatic N) is 2. The summed E-state index contributed by atoms with van der Waals surface area (Å²) in [7, 11) is 1.86. The molecule has 0 aliphatic rings. The molecule has 0 spiro atoms. The van der Waals surface area contributed by atoms with Crippen LogP contribution in [0.3, 0.4) is 0 Å². The van der Waals surface area contributed by atoms with Crippen LogP contribution in [0.1, 0.15) is 11.3 Å². The zero-order valence-corrected chi connectivity index (χ0v) is 10.3. The van der Waals surface area contributed by atoms with Crippen LogP contribution in [0.4, 0.5) is 5.69 Å². The number of ether oxygens (including phenoxy) is 1. The summed E-state index contributed by atoms with van der Waals surface area (Å²) in [6.07, 6.45) is 0. The SMILES string of the molecule is CNc1ccc(Oc2cc(C#N)cc(C)n2)cc1. The fourth-order valence-electron chi connectivity index (χ4n) is 1.57. The summed E-state index contributed by atoms with van der Waals surface area (Å²) in [4.78, 5) is 4.23. The first-order chi connectivity index (χ1) is 8.71. The van der Waals surface area contributed by atoms with Crippen molar-refractivity contribution in [3.63, 3.8) is 0 Å². The van der Waals surface area contributed by atoms with Crippen LogP contribution in [-0.2, 0) is 0 Å². The quantitative estimate of drug-likeness (QED) is 0.894. The van der Waals surface area contributed by atoms with Crippen LogP contribution in [-0.4, -0.2) is 12.0 Å². The molecule has 0 aliphatic carbocycles. The normalized spacial score (nSPS) is 9.61. The molecular weight excluding hydrogens is 226 g/mol. The van der Waals surface area contributed by atoms with Crippen molar-refractivity contribution in [2.75, 3.05) is 12.4 Å². The van der Waals surface area contributed by atoms with Gasteiger partial charge in [-0.2, -0.15) is 5.26 Å². The van der Waals surface area contributed by atoms with Gasteiger partial charge in [-0.25, -0.2) is 4.98 Å². The molecule has 90 valence electrons. The van der Waals surface area contributed by atoms with E-state index in [1.165, 1.54) is 0 Å². The minimum absolute atomic E-state index is 0.434. The van der Waals surface area contributed by atoms with E-state index in [-0.39, 0.29) is 0 Å². The first-order valence-electron chi connectivity index (χ1n) is 5.56. The van der Waals surface area contributed by atoms with Crippen molar-refractivity contribution in [1.82, 2.24) is 4.98 Å². The van der Waals surface area contributed by atoms with E-state index in [0.29, 0.717) is 17.2 Å². The molecule has 1 heterocycles. The highest BCUT2D eigenvalue weighted by Crippen LogP contribution is 2.22. The van der Waals surface area contributed by atoms with Crippen molar-refractivity contribution in [3.05, 3.63) is 47.7 Å². The second kappa shape index (κ2) is 5.19. The van der Waals surface area contributed by atoms with E-state index in [4.69, 9.17) is 10.00 Å². The Labute approximate surface area is 106 Å². The van der Waals surface area contributed by atoms with Crippen LogP contribution in [0, 0.1) is 18.3 Å². The number of nitrogens with one attached hydrogen (secondary N) is 1. The van der Waals surface area contributed by atoms with Gasteiger partial charge in [-0.1, -0.05) is 0 Å². The topological polar surface area (TPSA) is 57.9 Å². The molecule has 0 aliphatic heterocycles. The first-order valence-corrected chi connectivity index (χ1v) is 5.56. The number of rotatable bonds is 3. The van der Waals surface area contributed by atoms with Gasteiger partial charge in [0.2, 0.25) is 5.88 Å². The summed E-state index contributed by atoms with van der Waals surface area (Å²) < 4.78 is 5.61. The van der Waals surface area contributed by atoms with Gasteiger partial charge in [0.1, 0.15) is 5.75 Å². The number of hydrogen-bond acceptors (Lipinski definition) is 4.